The molecule has 1 aliphatic heterocycles. The van der Waals surface area contributed by atoms with Crippen molar-refractivity contribution in [2.24, 2.45) is 0 Å². The third kappa shape index (κ3) is 2.36. The lowest BCUT2D eigenvalue weighted by atomic mass is 10.0. The fourth-order valence-electron chi connectivity index (χ4n) is 2.72. The van der Waals surface area contributed by atoms with Gasteiger partial charge in [0.1, 0.15) is 5.52 Å². The monoisotopic (exact) mass is 270 g/mol. The van der Waals surface area contributed by atoms with Gasteiger partial charge in [-0.15, -0.1) is 0 Å². The van der Waals surface area contributed by atoms with E-state index in [4.69, 9.17) is 0 Å². The van der Waals surface area contributed by atoms with Crippen molar-refractivity contribution >= 4 is 16.9 Å². The largest absolute Gasteiger partial charge is 0.339 e. The minimum Gasteiger partial charge on any atom is -0.339 e. The molecule has 3 rings (SSSR count). The lowest BCUT2D eigenvalue weighted by Gasteiger charge is -2.31. The maximum Gasteiger partial charge on any atom is 0.256 e. The molecule has 1 aliphatic rings. The fourth-order valence-corrected chi connectivity index (χ4v) is 2.72. The number of nitrogens with one attached hydrogen (secondary N) is 1. The van der Waals surface area contributed by atoms with Crippen molar-refractivity contribution in [2.45, 2.75) is 18.9 Å². The number of piperidine rings is 1. The molecule has 1 N–H and O–H groups in total. The first-order valence-corrected chi connectivity index (χ1v) is 6.95. The summed E-state index contributed by atoms with van der Waals surface area (Å²) >= 11 is 0. The molecule has 1 saturated heterocycles. The molecule has 20 heavy (non-hydrogen) atoms. The zero-order chi connectivity index (χ0) is 13.9. The first-order valence-electron chi connectivity index (χ1n) is 6.95. The van der Waals surface area contributed by atoms with E-state index < -0.39 is 0 Å². The number of para-hydroxylation sites is 1. The van der Waals surface area contributed by atoms with Gasteiger partial charge in [-0.1, -0.05) is 6.07 Å². The zero-order valence-corrected chi connectivity index (χ0v) is 11.5. The Labute approximate surface area is 118 Å². The molecule has 1 aromatic heterocycles. The molecule has 1 fully saturated rings. The van der Waals surface area contributed by atoms with Crippen LogP contribution in [0.3, 0.4) is 0 Å². The predicted molar refractivity (Wildman–Crippen MR) is 77.5 cm³/mol. The summed E-state index contributed by atoms with van der Waals surface area (Å²) in [6.07, 6.45) is 5.27. The molecule has 0 saturated carbocycles. The van der Waals surface area contributed by atoms with Gasteiger partial charge in [-0.2, -0.15) is 0 Å². The van der Waals surface area contributed by atoms with Crippen LogP contribution in [0.4, 0.5) is 0 Å². The van der Waals surface area contributed by atoms with Gasteiger partial charge in [0.15, 0.2) is 0 Å². The molecule has 1 aromatic carbocycles. The Morgan fingerprint density at radius 1 is 1.25 bits per heavy atom. The summed E-state index contributed by atoms with van der Waals surface area (Å²) in [6, 6.07) is 5.87. The number of carbonyl (C=O) groups is 1. The van der Waals surface area contributed by atoms with E-state index in [0.717, 1.165) is 31.4 Å². The molecule has 0 aliphatic carbocycles. The van der Waals surface area contributed by atoms with Gasteiger partial charge in [-0.3, -0.25) is 14.8 Å². The van der Waals surface area contributed by atoms with E-state index in [1.165, 1.54) is 0 Å². The number of fused-ring (bicyclic) bond motifs is 1. The summed E-state index contributed by atoms with van der Waals surface area (Å²) in [5, 5.41) is 3.32. The Morgan fingerprint density at radius 3 is 2.80 bits per heavy atom. The Morgan fingerprint density at radius 2 is 2.00 bits per heavy atom. The standard InChI is InChI=1S/C15H18N4O/c1-19(11-5-7-16-8-6-11)15(20)12-3-2-4-13-14(12)18-10-9-17-13/h2-4,9-11,16H,5-8H2,1H3. The number of amides is 1. The molecule has 0 bridgehead atoms. The third-order valence-electron chi connectivity index (χ3n) is 3.91. The topological polar surface area (TPSA) is 58.1 Å². The molecule has 0 radical (unpaired) electrons. The van der Waals surface area contributed by atoms with Gasteiger partial charge in [0.05, 0.1) is 11.1 Å². The van der Waals surface area contributed by atoms with Crippen LogP contribution in [0.2, 0.25) is 0 Å². The van der Waals surface area contributed by atoms with Gasteiger partial charge in [-0.05, 0) is 38.1 Å². The molecular weight excluding hydrogens is 252 g/mol. The van der Waals surface area contributed by atoms with Gasteiger partial charge in [0.25, 0.3) is 5.91 Å². The van der Waals surface area contributed by atoms with Crippen molar-refractivity contribution in [3.63, 3.8) is 0 Å². The Bertz CT molecular complexity index is 617. The minimum absolute atomic E-state index is 0.0306. The highest BCUT2D eigenvalue weighted by Gasteiger charge is 2.24. The number of benzene rings is 1. The van der Waals surface area contributed by atoms with Crippen LogP contribution in [-0.2, 0) is 0 Å². The summed E-state index contributed by atoms with van der Waals surface area (Å²) < 4.78 is 0. The highest BCUT2D eigenvalue weighted by Crippen LogP contribution is 2.18. The summed E-state index contributed by atoms with van der Waals surface area (Å²) in [7, 11) is 1.88. The molecule has 104 valence electrons. The molecule has 1 amide bonds. The Hall–Kier alpha value is -2.01. The zero-order valence-electron chi connectivity index (χ0n) is 11.5. The van der Waals surface area contributed by atoms with E-state index in [2.05, 4.69) is 15.3 Å². The number of rotatable bonds is 2. The van der Waals surface area contributed by atoms with Crippen molar-refractivity contribution in [3.05, 3.63) is 36.2 Å². The first kappa shape index (κ1) is 13.0. The smallest absolute Gasteiger partial charge is 0.256 e. The van der Waals surface area contributed by atoms with Gasteiger partial charge in [0.2, 0.25) is 0 Å². The van der Waals surface area contributed by atoms with E-state index in [-0.39, 0.29) is 5.91 Å². The second-order valence-electron chi connectivity index (χ2n) is 5.13. The van der Waals surface area contributed by atoms with Crippen LogP contribution in [0, 0.1) is 0 Å². The van der Waals surface area contributed by atoms with Crippen LogP contribution in [0.25, 0.3) is 11.0 Å². The highest BCUT2D eigenvalue weighted by molar-refractivity contribution is 6.04. The van der Waals surface area contributed by atoms with E-state index in [9.17, 15) is 4.79 Å². The summed E-state index contributed by atoms with van der Waals surface area (Å²) in [6.45, 7) is 1.94. The maximum atomic E-state index is 12.7. The predicted octanol–water partition coefficient (Wildman–Crippen LogP) is 1.45. The highest BCUT2D eigenvalue weighted by atomic mass is 16.2. The van der Waals surface area contributed by atoms with Crippen molar-refractivity contribution in [1.82, 2.24) is 20.2 Å². The van der Waals surface area contributed by atoms with Gasteiger partial charge >= 0.3 is 0 Å². The molecule has 0 atom stereocenters. The molecule has 5 nitrogen and oxygen atoms in total. The molecule has 2 heterocycles. The van der Waals surface area contributed by atoms with Crippen LogP contribution < -0.4 is 5.32 Å². The molecular formula is C15H18N4O. The first-order chi connectivity index (χ1) is 9.77. The number of carbonyl (C=O) groups excluding carboxylic acids is 1. The quantitative estimate of drug-likeness (QED) is 0.897. The third-order valence-corrected chi connectivity index (χ3v) is 3.91. The number of hydrogen-bond donors (Lipinski definition) is 1. The fraction of sp³-hybridized carbons (Fsp3) is 0.400. The maximum absolute atomic E-state index is 12.7. The van der Waals surface area contributed by atoms with Crippen molar-refractivity contribution in [3.8, 4) is 0 Å². The van der Waals surface area contributed by atoms with E-state index >= 15 is 0 Å². The second kappa shape index (κ2) is 5.54. The van der Waals surface area contributed by atoms with Crippen LogP contribution in [0.1, 0.15) is 23.2 Å². The minimum atomic E-state index is 0.0306. The number of nitrogens with zero attached hydrogens (tertiary/aromatic N) is 3. The summed E-state index contributed by atoms with van der Waals surface area (Å²) in [5.41, 5.74) is 2.08. The van der Waals surface area contributed by atoms with Crippen LogP contribution in [0.15, 0.2) is 30.6 Å². The SMILES string of the molecule is CN(C(=O)c1cccc2nccnc12)C1CCNCC1. The average Bonchev–Trinajstić information content (AvgIpc) is 2.54. The van der Waals surface area contributed by atoms with Gasteiger partial charge in [-0.25, -0.2) is 0 Å². The summed E-state index contributed by atoms with van der Waals surface area (Å²) in [4.78, 5) is 23.1. The lowest BCUT2D eigenvalue weighted by Crippen LogP contribution is -2.44. The van der Waals surface area contributed by atoms with Crippen molar-refractivity contribution in [1.29, 1.82) is 0 Å². The van der Waals surface area contributed by atoms with Crippen molar-refractivity contribution in [2.75, 3.05) is 20.1 Å². The second-order valence-corrected chi connectivity index (χ2v) is 5.13. The van der Waals surface area contributed by atoms with Crippen LogP contribution in [0.5, 0.6) is 0 Å². The Balaban J connectivity index is 1.92. The number of aromatic nitrogens is 2. The summed E-state index contributed by atoms with van der Waals surface area (Å²) in [5.74, 6) is 0.0306. The van der Waals surface area contributed by atoms with E-state index in [1.807, 2.05) is 30.1 Å². The molecule has 2 aromatic rings. The van der Waals surface area contributed by atoms with Crippen LogP contribution in [-0.4, -0.2) is 47.0 Å². The van der Waals surface area contributed by atoms with Crippen LogP contribution >= 0.6 is 0 Å². The Kier molecular flexibility index (Phi) is 3.60. The van der Waals surface area contributed by atoms with E-state index in [0.29, 0.717) is 17.1 Å². The normalized spacial score (nSPS) is 16.2. The molecule has 0 unspecified atom stereocenters. The van der Waals surface area contributed by atoms with Crippen molar-refractivity contribution < 1.29 is 4.79 Å². The average molecular weight is 270 g/mol. The lowest BCUT2D eigenvalue weighted by molar-refractivity contribution is 0.0705. The van der Waals surface area contributed by atoms with Gasteiger partial charge in [0, 0.05) is 25.5 Å². The van der Waals surface area contributed by atoms with Gasteiger partial charge < -0.3 is 10.2 Å². The number of hydrogen-bond acceptors (Lipinski definition) is 4. The molecule has 0 spiro atoms. The molecule has 5 heteroatoms. The van der Waals surface area contributed by atoms with E-state index in [1.54, 1.807) is 12.4 Å².